The van der Waals surface area contributed by atoms with E-state index in [1.165, 1.54) is 88.6 Å². The van der Waals surface area contributed by atoms with Crippen molar-refractivity contribution < 1.29 is 4.74 Å². The zero-order chi connectivity index (χ0) is 57.3. The zero-order valence-corrected chi connectivity index (χ0v) is 48.6. The number of hydrogen-bond donors (Lipinski definition) is 0. The van der Waals surface area contributed by atoms with Gasteiger partial charge in [0.25, 0.3) is 0 Å². The number of para-hydroxylation sites is 2. The molecule has 1 aliphatic carbocycles. The minimum absolute atomic E-state index is 0.365. The van der Waals surface area contributed by atoms with Gasteiger partial charge in [0, 0.05) is 38.9 Å². The summed E-state index contributed by atoms with van der Waals surface area (Å²) in [7, 11) is 0. The van der Waals surface area contributed by atoms with E-state index >= 15 is 0 Å². The van der Waals surface area contributed by atoms with Gasteiger partial charge in [-0.2, -0.15) is 0 Å². The van der Waals surface area contributed by atoms with Gasteiger partial charge in [0.2, 0.25) is 0 Å². The fourth-order valence-corrected chi connectivity index (χ4v) is 13.3. The topological polar surface area (TPSA) is 17.4 Å². The number of benzene rings is 11. The largest absolute Gasteiger partial charge is 0.493 e. The van der Waals surface area contributed by atoms with Crippen molar-refractivity contribution in [3.8, 4) is 55.9 Å². The molecule has 0 radical (unpaired) electrons. The highest BCUT2D eigenvalue weighted by atomic mass is 16.5. The van der Waals surface area contributed by atoms with E-state index in [4.69, 9.17) is 4.74 Å². The fraction of sp³-hybridized carbons (Fsp3) is 0.136. The van der Waals surface area contributed by atoms with Crippen LogP contribution in [0.5, 0.6) is 5.75 Å². The number of anilines is 3. The van der Waals surface area contributed by atoms with Crippen molar-refractivity contribution >= 4 is 51.0 Å². The predicted octanol–water partition coefficient (Wildman–Crippen LogP) is 22.0. The number of rotatable bonds is 18. The molecule has 1 aliphatic rings. The minimum atomic E-state index is -0.365. The Morgan fingerprint density at radius 2 is 0.952 bits per heavy atom. The summed E-state index contributed by atoms with van der Waals surface area (Å²) in [5, 5.41) is 2.45. The van der Waals surface area contributed by atoms with Gasteiger partial charge in [0.05, 0.1) is 17.6 Å². The SMILES string of the molecule is C=Cc1ccc(-c2ccc3c(c2)c2cc(-c4ccc(N(c5ccccc5)c5ccc6c(c5)C(CC(C)CCC(C)COc5cc(C)c(-c7ccc(C=C)cc7)cc5C)(c5ccccc5)c5ccccc5-6)cc4)ccc2n3-c2ccccc2)cc1. The molecule has 0 amide bonds. The van der Waals surface area contributed by atoms with Crippen LogP contribution in [0.3, 0.4) is 0 Å². The molecule has 84 heavy (non-hydrogen) atoms. The quantitative estimate of drug-likeness (QED) is 0.0852. The molecule has 3 atom stereocenters. The Morgan fingerprint density at radius 3 is 1.58 bits per heavy atom. The molecule has 12 aromatic rings. The Balaban J connectivity index is 0.814. The van der Waals surface area contributed by atoms with Gasteiger partial charge in [-0.15, -0.1) is 0 Å². The first-order valence-electron chi connectivity index (χ1n) is 29.8. The number of hydrogen-bond acceptors (Lipinski definition) is 2. The Labute approximate surface area is 496 Å². The molecule has 11 aromatic carbocycles. The van der Waals surface area contributed by atoms with E-state index in [-0.39, 0.29) is 5.41 Å². The van der Waals surface area contributed by atoms with Gasteiger partial charge < -0.3 is 14.2 Å². The molecule has 0 bridgehead atoms. The van der Waals surface area contributed by atoms with Gasteiger partial charge in [0.1, 0.15) is 5.75 Å². The normalized spacial score (nSPS) is 14.2. The van der Waals surface area contributed by atoms with E-state index < -0.39 is 0 Å². The molecule has 1 aromatic heterocycles. The van der Waals surface area contributed by atoms with Crippen molar-refractivity contribution in [2.45, 2.75) is 52.4 Å². The average molecular weight is 1090 g/mol. The molecule has 3 heteroatoms. The van der Waals surface area contributed by atoms with Crippen LogP contribution in [-0.2, 0) is 5.41 Å². The molecule has 1 heterocycles. The lowest BCUT2D eigenvalue weighted by Crippen LogP contribution is -2.30. The lowest BCUT2D eigenvalue weighted by atomic mass is 9.67. The second-order valence-electron chi connectivity index (χ2n) is 23.3. The van der Waals surface area contributed by atoms with Gasteiger partial charge in [-0.05, 0) is 207 Å². The highest BCUT2D eigenvalue weighted by Crippen LogP contribution is 2.57. The molecular formula is C81H70N2O. The third-order valence-corrected chi connectivity index (χ3v) is 17.7. The van der Waals surface area contributed by atoms with Crippen LogP contribution in [0, 0.1) is 25.7 Å². The minimum Gasteiger partial charge on any atom is -0.493 e. The first-order chi connectivity index (χ1) is 41.2. The maximum absolute atomic E-state index is 6.64. The predicted molar refractivity (Wildman–Crippen MR) is 357 cm³/mol. The van der Waals surface area contributed by atoms with E-state index in [0.29, 0.717) is 18.4 Å². The van der Waals surface area contributed by atoms with Crippen molar-refractivity contribution in [3.63, 3.8) is 0 Å². The molecule has 0 saturated heterocycles. The van der Waals surface area contributed by atoms with E-state index in [0.717, 1.165) is 64.5 Å². The van der Waals surface area contributed by atoms with Crippen molar-refractivity contribution in [1.29, 1.82) is 0 Å². The first-order valence-corrected chi connectivity index (χ1v) is 29.8. The lowest BCUT2D eigenvalue weighted by Gasteiger charge is -2.36. The second kappa shape index (κ2) is 22.9. The fourth-order valence-electron chi connectivity index (χ4n) is 13.3. The highest BCUT2D eigenvalue weighted by Gasteiger charge is 2.45. The summed E-state index contributed by atoms with van der Waals surface area (Å²) in [6.45, 7) is 17.7. The Kier molecular flexibility index (Phi) is 14.6. The van der Waals surface area contributed by atoms with Crippen molar-refractivity contribution in [2.24, 2.45) is 11.8 Å². The van der Waals surface area contributed by atoms with Crippen LogP contribution < -0.4 is 9.64 Å². The molecule has 0 fully saturated rings. The number of aryl methyl sites for hydroxylation is 2. The van der Waals surface area contributed by atoms with Gasteiger partial charge >= 0.3 is 0 Å². The Hall–Kier alpha value is -9.70. The summed E-state index contributed by atoms with van der Waals surface area (Å²) in [5.74, 6) is 1.77. The third-order valence-electron chi connectivity index (χ3n) is 17.7. The van der Waals surface area contributed by atoms with Gasteiger partial charge in [-0.1, -0.05) is 215 Å². The van der Waals surface area contributed by atoms with Crippen LogP contribution in [0.1, 0.15) is 72.1 Å². The molecule has 0 spiro atoms. The maximum atomic E-state index is 6.64. The first kappa shape index (κ1) is 53.6. The zero-order valence-electron chi connectivity index (χ0n) is 48.6. The molecule has 410 valence electrons. The smallest absolute Gasteiger partial charge is 0.122 e. The monoisotopic (exact) mass is 1090 g/mol. The summed E-state index contributed by atoms with van der Waals surface area (Å²) in [4.78, 5) is 2.44. The summed E-state index contributed by atoms with van der Waals surface area (Å²) >= 11 is 0. The van der Waals surface area contributed by atoms with Gasteiger partial charge in [0.15, 0.2) is 0 Å². The summed E-state index contributed by atoms with van der Waals surface area (Å²) in [5.41, 5.74) is 25.0. The highest BCUT2D eigenvalue weighted by molar-refractivity contribution is 6.11. The van der Waals surface area contributed by atoms with Crippen molar-refractivity contribution in [2.75, 3.05) is 11.5 Å². The van der Waals surface area contributed by atoms with Crippen molar-refractivity contribution in [3.05, 3.63) is 307 Å². The van der Waals surface area contributed by atoms with Crippen LogP contribution in [0.15, 0.2) is 268 Å². The summed E-state index contributed by atoms with van der Waals surface area (Å²) in [6, 6.07) is 94.1. The Morgan fingerprint density at radius 1 is 0.440 bits per heavy atom. The number of nitrogens with zero attached hydrogens (tertiary/aromatic N) is 2. The summed E-state index contributed by atoms with van der Waals surface area (Å²) in [6.07, 6.45) is 6.92. The molecule has 0 N–H and O–H groups in total. The maximum Gasteiger partial charge on any atom is 0.122 e. The van der Waals surface area contributed by atoms with E-state index in [1.807, 2.05) is 12.2 Å². The summed E-state index contributed by atoms with van der Waals surface area (Å²) < 4.78 is 9.03. The molecule has 3 nitrogen and oxygen atoms in total. The molecule has 3 unspecified atom stereocenters. The molecular weight excluding hydrogens is 1020 g/mol. The van der Waals surface area contributed by atoms with E-state index in [2.05, 4.69) is 305 Å². The van der Waals surface area contributed by atoms with Crippen LogP contribution >= 0.6 is 0 Å². The van der Waals surface area contributed by atoms with Crippen molar-refractivity contribution in [1.82, 2.24) is 4.57 Å². The average Bonchev–Trinajstić information content (AvgIpc) is 3.84. The van der Waals surface area contributed by atoms with Crippen LogP contribution in [0.2, 0.25) is 0 Å². The number of ether oxygens (including phenoxy) is 1. The van der Waals surface area contributed by atoms with Gasteiger partial charge in [-0.25, -0.2) is 0 Å². The van der Waals surface area contributed by atoms with Crippen LogP contribution in [0.4, 0.5) is 17.1 Å². The number of aromatic nitrogens is 1. The standard InChI is InChI=1S/C81H70N2O/c1-7-59-30-34-61(35-31-59)64-40-46-78-74(50-64)75-51-65(41-47-79(75)83(78)68-24-16-11-17-25-68)62-38-42-69(43-39-62)82(67-22-14-10-15-23-67)70-44-45-72-71-26-18-19-27-76(71)81(77(72)52-70,66-20-12-9-13-21-66)53-55(3)28-29-56(4)54-84-80-49-57(5)73(48-58(80)6)63-36-32-60(8-2)33-37-63/h7-27,30-52,55-56H,1-2,28-29,53-54H2,3-6H3. The van der Waals surface area contributed by atoms with Gasteiger partial charge in [-0.3, -0.25) is 0 Å². The van der Waals surface area contributed by atoms with E-state index in [9.17, 15) is 0 Å². The molecule has 0 saturated carbocycles. The second-order valence-corrected chi connectivity index (χ2v) is 23.3. The Bertz CT molecular complexity index is 4350. The van der Waals surface area contributed by atoms with E-state index in [1.54, 1.807) is 0 Å². The van der Waals surface area contributed by atoms with Crippen LogP contribution in [-0.4, -0.2) is 11.2 Å². The third kappa shape index (κ3) is 10.0. The van der Waals surface area contributed by atoms with Crippen LogP contribution in [0.25, 0.3) is 84.2 Å². The lowest BCUT2D eigenvalue weighted by molar-refractivity contribution is 0.239. The molecule has 13 rings (SSSR count). The molecule has 0 aliphatic heterocycles. The number of fused-ring (bicyclic) bond motifs is 6.